The number of nitrogens with two attached hydrogens (primary N) is 1. The predicted octanol–water partition coefficient (Wildman–Crippen LogP) is 0.607. The van der Waals surface area contributed by atoms with E-state index < -0.39 is 29.9 Å². The molecule has 112 valence electrons. The number of ether oxygens (including phenoxy) is 2. The van der Waals surface area contributed by atoms with Crippen molar-refractivity contribution < 1.29 is 23.0 Å². The third kappa shape index (κ3) is 5.10. The largest absolute Gasteiger partial charge is 0.478 e. The van der Waals surface area contributed by atoms with Crippen molar-refractivity contribution in [2.24, 2.45) is 5.73 Å². The first-order chi connectivity index (χ1) is 9.58. The zero-order valence-electron chi connectivity index (χ0n) is 11.2. The van der Waals surface area contributed by atoms with Crippen molar-refractivity contribution >= 4 is 5.91 Å². The van der Waals surface area contributed by atoms with Crippen LogP contribution in [-0.2, 0) is 16.0 Å². The number of methoxy groups -OCH3 is 1. The zero-order chi connectivity index (χ0) is 15.0. The molecule has 0 aliphatic carbocycles. The van der Waals surface area contributed by atoms with Crippen LogP contribution in [-0.4, -0.2) is 39.3 Å². The van der Waals surface area contributed by atoms with Gasteiger partial charge in [-0.1, -0.05) is 0 Å². The Labute approximate surface area is 116 Å². The van der Waals surface area contributed by atoms with Crippen LogP contribution in [0.3, 0.4) is 0 Å². The van der Waals surface area contributed by atoms with E-state index in [-0.39, 0.29) is 0 Å². The van der Waals surface area contributed by atoms with Crippen LogP contribution in [0, 0.1) is 11.6 Å². The van der Waals surface area contributed by atoms with Crippen molar-refractivity contribution in [1.29, 1.82) is 0 Å². The molecule has 0 saturated carbocycles. The SMILES string of the molecule is COCCNC(=O)COc1c(F)cc(CCN)cc1F. The van der Waals surface area contributed by atoms with Gasteiger partial charge in [-0.25, -0.2) is 8.78 Å². The van der Waals surface area contributed by atoms with E-state index in [9.17, 15) is 13.6 Å². The summed E-state index contributed by atoms with van der Waals surface area (Å²) in [7, 11) is 1.50. The van der Waals surface area contributed by atoms with Crippen molar-refractivity contribution in [3.05, 3.63) is 29.3 Å². The summed E-state index contributed by atoms with van der Waals surface area (Å²) in [5.41, 5.74) is 5.76. The lowest BCUT2D eigenvalue weighted by atomic mass is 10.1. The minimum atomic E-state index is -0.849. The van der Waals surface area contributed by atoms with Gasteiger partial charge in [0.1, 0.15) is 0 Å². The summed E-state index contributed by atoms with van der Waals surface area (Å²) < 4.78 is 36.9. The summed E-state index contributed by atoms with van der Waals surface area (Å²) in [6.07, 6.45) is 0.367. The molecule has 5 nitrogen and oxygen atoms in total. The van der Waals surface area contributed by atoms with E-state index in [0.717, 1.165) is 12.1 Å². The molecule has 1 amide bonds. The molecule has 0 unspecified atom stereocenters. The molecule has 0 radical (unpaired) electrons. The third-order valence-corrected chi connectivity index (χ3v) is 2.47. The maximum absolute atomic E-state index is 13.6. The number of amides is 1. The number of benzene rings is 1. The number of hydrogen-bond acceptors (Lipinski definition) is 4. The minimum Gasteiger partial charge on any atom is -0.478 e. The van der Waals surface area contributed by atoms with E-state index in [0.29, 0.717) is 31.7 Å². The molecule has 20 heavy (non-hydrogen) atoms. The van der Waals surface area contributed by atoms with Crippen molar-refractivity contribution in [2.75, 3.05) is 33.4 Å². The molecule has 0 saturated heterocycles. The summed E-state index contributed by atoms with van der Waals surface area (Å²) >= 11 is 0. The lowest BCUT2D eigenvalue weighted by molar-refractivity contribution is -0.123. The Morgan fingerprint density at radius 1 is 1.35 bits per heavy atom. The van der Waals surface area contributed by atoms with Crippen LogP contribution in [0.15, 0.2) is 12.1 Å². The van der Waals surface area contributed by atoms with E-state index in [1.165, 1.54) is 7.11 Å². The van der Waals surface area contributed by atoms with Gasteiger partial charge in [0.05, 0.1) is 6.61 Å². The number of nitrogens with one attached hydrogen (secondary N) is 1. The summed E-state index contributed by atoms with van der Waals surface area (Å²) in [6, 6.07) is 2.29. The second kappa shape index (κ2) is 8.44. The van der Waals surface area contributed by atoms with Gasteiger partial charge in [0, 0.05) is 13.7 Å². The minimum absolute atomic E-state index is 0.293. The van der Waals surface area contributed by atoms with Crippen LogP contribution in [0.2, 0.25) is 0 Å². The molecule has 0 bridgehead atoms. The maximum atomic E-state index is 13.6. The van der Waals surface area contributed by atoms with E-state index in [4.69, 9.17) is 15.2 Å². The van der Waals surface area contributed by atoms with E-state index in [2.05, 4.69) is 5.32 Å². The van der Waals surface area contributed by atoms with Gasteiger partial charge >= 0.3 is 0 Å². The van der Waals surface area contributed by atoms with Crippen LogP contribution in [0.4, 0.5) is 8.78 Å². The molecule has 1 rings (SSSR count). The van der Waals surface area contributed by atoms with E-state index in [1.54, 1.807) is 0 Å². The van der Waals surface area contributed by atoms with E-state index >= 15 is 0 Å². The molecule has 0 aromatic heterocycles. The first-order valence-electron chi connectivity index (χ1n) is 6.15. The van der Waals surface area contributed by atoms with Gasteiger partial charge in [0.25, 0.3) is 5.91 Å². The van der Waals surface area contributed by atoms with Crippen molar-refractivity contribution in [1.82, 2.24) is 5.32 Å². The Bertz CT molecular complexity index is 432. The maximum Gasteiger partial charge on any atom is 0.258 e. The highest BCUT2D eigenvalue weighted by Gasteiger charge is 2.14. The van der Waals surface area contributed by atoms with Crippen LogP contribution < -0.4 is 15.8 Å². The lowest BCUT2D eigenvalue weighted by Crippen LogP contribution is -2.31. The predicted molar refractivity (Wildman–Crippen MR) is 69.5 cm³/mol. The van der Waals surface area contributed by atoms with Crippen molar-refractivity contribution in [3.63, 3.8) is 0 Å². The number of halogens is 2. The highest BCUT2D eigenvalue weighted by Crippen LogP contribution is 2.23. The molecule has 0 heterocycles. The fourth-order valence-corrected chi connectivity index (χ4v) is 1.54. The fourth-order valence-electron chi connectivity index (χ4n) is 1.54. The molecular weight excluding hydrogens is 270 g/mol. The monoisotopic (exact) mass is 288 g/mol. The number of carbonyl (C=O) groups is 1. The summed E-state index contributed by atoms with van der Waals surface area (Å²) in [4.78, 5) is 11.3. The van der Waals surface area contributed by atoms with Crippen LogP contribution in [0.25, 0.3) is 0 Å². The fraction of sp³-hybridized carbons (Fsp3) is 0.462. The Morgan fingerprint density at radius 2 is 2.00 bits per heavy atom. The molecular formula is C13H18F2N2O3. The zero-order valence-corrected chi connectivity index (χ0v) is 11.2. The molecule has 0 fully saturated rings. The molecule has 0 aliphatic heterocycles. The first kappa shape index (κ1) is 16.3. The molecule has 1 aromatic carbocycles. The molecule has 0 atom stereocenters. The van der Waals surface area contributed by atoms with Crippen LogP contribution >= 0.6 is 0 Å². The highest BCUT2D eigenvalue weighted by molar-refractivity contribution is 5.77. The molecule has 0 aliphatic rings. The van der Waals surface area contributed by atoms with Gasteiger partial charge in [-0.2, -0.15) is 0 Å². The Morgan fingerprint density at radius 3 is 2.55 bits per heavy atom. The molecule has 3 N–H and O–H groups in total. The normalized spacial score (nSPS) is 10.4. The van der Waals surface area contributed by atoms with Gasteiger partial charge in [-0.05, 0) is 30.7 Å². The Hall–Kier alpha value is -1.73. The van der Waals surface area contributed by atoms with Crippen molar-refractivity contribution in [2.45, 2.75) is 6.42 Å². The topological polar surface area (TPSA) is 73.6 Å². The Balaban J connectivity index is 2.57. The molecule has 0 spiro atoms. The lowest BCUT2D eigenvalue weighted by Gasteiger charge is -2.10. The summed E-state index contributed by atoms with van der Waals surface area (Å²) in [5.74, 6) is -2.74. The van der Waals surface area contributed by atoms with Crippen LogP contribution in [0.1, 0.15) is 5.56 Å². The Kier molecular flexibility index (Phi) is 6.89. The van der Waals surface area contributed by atoms with Gasteiger partial charge < -0.3 is 20.5 Å². The quantitative estimate of drug-likeness (QED) is 0.687. The van der Waals surface area contributed by atoms with Crippen LogP contribution in [0.5, 0.6) is 5.75 Å². The average molecular weight is 288 g/mol. The molecule has 1 aromatic rings. The highest BCUT2D eigenvalue weighted by atomic mass is 19.1. The first-order valence-corrected chi connectivity index (χ1v) is 6.15. The number of rotatable bonds is 8. The number of carbonyl (C=O) groups excluding carboxylic acids is 1. The third-order valence-electron chi connectivity index (χ3n) is 2.47. The van der Waals surface area contributed by atoms with Gasteiger partial charge in [-0.15, -0.1) is 0 Å². The van der Waals surface area contributed by atoms with E-state index in [1.807, 2.05) is 0 Å². The van der Waals surface area contributed by atoms with Gasteiger partial charge in [-0.3, -0.25) is 4.79 Å². The second-order valence-electron chi connectivity index (χ2n) is 4.06. The number of hydrogen-bond donors (Lipinski definition) is 2. The van der Waals surface area contributed by atoms with Gasteiger partial charge in [0.2, 0.25) is 0 Å². The summed E-state index contributed by atoms with van der Waals surface area (Å²) in [5, 5.41) is 2.47. The summed E-state index contributed by atoms with van der Waals surface area (Å²) in [6.45, 7) is 0.482. The van der Waals surface area contributed by atoms with Gasteiger partial charge in [0.15, 0.2) is 24.0 Å². The second-order valence-corrected chi connectivity index (χ2v) is 4.06. The molecule has 7 heteroatoms. The van der Waals surface area contributed by atoms with Crippen molar-refractivity contribution in [3.8, 4) is 5.75 Å². The standard InChI is InChI=1S/C13H18F2N2O3/c1-19-5-4-17-12(18)8-20-13-10(14)6-9(2-3-16)7-11(13)15/h6-7H,2-5,8,16H2,1H3,(H,17,18). The smallest absolute Gasteiger partial charge is 0.258 e. The average Bonchev–Trinajstić information content (AvgIpc) is 2.38.